The maximum Gasteiger partial charge on any atom is 0.224 e. The lowest BCUT2D eigenvalue weighted by Gasteiger charge is -2.10. The molecule has 158 valence electrons. The molecule has 0 saturated heterocycles. The van der Waals surface area contributed by atoms with E-state index in [1.165, 1.54) is 10.6 Å². The molecule has 0 unspecified atom stereocenters. The van der Waals surface area contributed by atoms with Gasteiger partial charge in [0.2, 0.25) is 5.91 Å². The van der Waals surface area contributed by atoms with Crippen molar-refractivity contribution in [2.24, 2.45) is 5.92 Å². The van der Waals surface area contributed by atoms with Gasteiger partial charge >= 0.3 is 0 Å². The number of rotatable bonds is 7. The third-order valence-corrected chi connectivity index (χ3v) is 4.66. The van der Waals surface area contributed by atoms with E-state index < -0.39 is 0 Å². The SMILES string of the molecule is CC(C)CC(=O)Nc1cccc(CNc2ccc3nnc(-c4ccccc4F)n3n2)c1. The topological polar surface area (TPSA) is 84.2 Å². The minimum Gasteiger partial charge on any atom is -0.365 e. The van der Waals surface area contributed by atoms with Crippen molar-refractivity contribution >= 4 is 23.1 Å². The molecule has 0 aliphatic heterocycles. The summed E-state index contributed by atoms with van der Waals surface area (Å²) in [4.78, 5) is 12.0. The summed E-state index contributed by atoms with van der Waals surface area (Å²) in [6.07, 6.45) is 0.482. The number of hydrogen-bond donors (Lipinski definition) is 2. The monoisotopic (exact) mass is 418 g/mol. The van der Waals surface area contributed by atoms with E-state index in [9.17, 15) is 9.18 Å². The van der Waals surface area contributed by atoms with E-state index in [-0.39, 0.29) is 11.7 Å². The van der Waals surface area contributed by atoms with E-state index in [1.54, 1.807) is 30.3 Å². The van der Waals surface area contributed by atoms with Crippen molar-refractivity contribution in [1.29, 1.82) is 0 Å². The highest BCUT2D eigenvalue weighted by Gasteiger charge is 2.13. The molecule has 0 fully saturated rings. The van der Waals surface area contributed by atoms with Crippen LogP contribution in [0.5, 0.6) is 0 Å². The summed E-state index contributed by atoms with van der Waals surface area (Å²) in [5, 5.41) is 18.9. The Labute approximate surface area is 179 Å². The lowest BCUT2D eigenvalue weighted by atomic mass is 10.1. The Hall–Kier alpha value is -3.81. The molecule has 2 aromatic heterocycles. The second kappa shape index (κ2) is 8.91. The molecule has 0 saturated carbocycles. The maximum atomic E-state index is 14.2. The van der Waals surface area contributed by atoms with Gasteiger partial charge in [-0.2, -0.15) is 4.52 Å². The highest BCUT2D eigenvalue weighted by molar-refractivity contribution is 5.90. The fourth-order valence-corrected chi connectivity index (χ4v) is 3.23. The molecule has 0 atom stereocenters. The first kappa shape index (κ1) is 20.5. The number of nitrogens with zero attached hydrogens (tertiary/aromatic N) is 4. The Morgan fingerprint density at radius 3 is 2.71 bits per heavy atom. The first-order valence-corrected chi connectivity index (χ1v) is 10.1. The molecule has 8 heteroatoms. The number of fused-ring (bicyclic) bond motifs is 1. The fourth-order valence-electron chi connectivity index (χ4n) is 3.23. The molecule has 2 heterocycles. The lowest BCUT2D eigenvalue weighted by Crippen LogP contribution is -2.14. The summed E-state index contributed by atoms with van der Waals surface area (Å²) < 4.78 is 15.7. The molecule has 0 aliphatic rings. The van der Waals surface area contributed by atoms with Gasteiger partial charge in [-0.15, -0.1) is 15.3 Å². The van der Waals surface area contributed by atoms with Crippen LogP contribution in [0, 0.1) is 11.7 Å². The van der Waals surface area contributed by atoms with Gasteiger partial charge in [-0.3, -0.25) is 4.79 Å². The van der Waals surface area contributed by atoms with Crippen LogP contribution >= 0.6 is 0 Å². The number of nitrogens with one attached hydrogen (secondary N) is 2. The molecule has 1 amide bonds. The molecule has 2 N–H and O–H groups in total. The summed E-state index contributed by atoms with van der Waals surface area (Å²) in [6.45, 7) is 4.53. The minimum atomic E-state index is -0.381. The van der Waals surface area contributed by atoms with E-state index in [0.717, 1.165) is 11.3 Å². The van der Waals surface area contributed by atoms with Gasteiger partial charge in [0.1, 0.15) is 11.6 Å². The van der Waals surface area contributed by atoms with E-state index in [0.29, 0.717) is 41.7 Å². The van der Waals surface area contributed by atoms with Crippen molar-refractivity contribution in [3.63, 3.8) is 0 Å². The normalized spacial score (nSPS) is 11.1. The Bertz CT molecular complexity index is 1220. The zero-order valence-electron chi connectivity index (χ0n) is 17.3. The zero-order valence-corrected chi connectivity index (χ0v) is 17.3. The number of carbonyl (C=O) groups is 1. The molecule has 0 spiro atoms. The van der Waals surface area contributed by atoms with E-state index in [4.69, 9.17) is 0 Å². The van der Waals surface area contributed by atoms with Crippen molar-refractivity contribution in [3.8, 4) is 11.4 Å². The van der Waals surface area contributed by atoms with Gasteiger partial charge in [0, 0.05) is 18.7 Å². The van der Waals surface area contributed by atoms with Gasteiger partial charge in [0.25, 0.3) is 0 Å². The van der Waals surface area contributed by atoms with Gasteiger partial charge in [0.15, 0.2) is 11.5 Å². The van der Waals surface area contributed by atoms with Crippen LogP contribution in [0.15, 0.2) is 60.7 Å². The Kier molecular flexibility index (Phi) is 5.88. The largest absolute Gasteiger partial charge is 0.365 e. The van der Waals surface area contributed by atoms with Gasteiger partial charge in [0.05, 0.1) is 5.56 Å². The van der Waals surface area contributed by atoms with Gasteiger partial charge in [-0.25, -0.2) is 4.39 Å². The van der Waals surface area contributed by atoms with Crippen molar-refractivity contribution in [2.75, 3.05) is 10.6 Å². The summed E-state index contributed by atoms with van der Waals surface area (Å²) in [5.41, 5.74) is 2.61. The maximum absolute atomic E-state index is 14.2. The zero-order chi connectivity index (χ0) is 21.8. The highest BCUT2D eigenvalue weighted by atomic mass is 19.1. The van der Waals surface area contributed by atoms with E-state index >= 15 is 0 Å². The van der Waals surface area contributed by atoms with E-state index in [1.807, 2.05) is 38.1 Å². The third kappa shape index (κ3) is 4.85. The van der Waals surface area contributed by atoms with Crippen LogP contribution in [0.25, 0.3) is 17.0 Å². The van der Waals surface area contributed by atoms with Crippen LogP contribution in [0.3, 0.4) is 0 Å². The minimum absolute atomic E-state index is 0.000471. The third-order valence-electron chi connectivity index (χ3n) is 4.66. The molecule has 7 nitrogen and oxygen atoms in total. The summed E-state index contributed by atoms with van der Waals surface area (Å²) in [6, 6.07) is 17.6. The number of benzene rings is 2. The molecule has 0 radical (unpaired) electrons. The lowest BCUT2D eigenvalue weighted by molar-refractivity contribution is -0.116. The molecule has 0 aliphatic carbocycles. The van der Waals surface area contributed by atoms with Crippen LogP contribution in [0.4, 0.5) is 15.9 Å². The number of carbonyl (C=O) groups excluding carboxylic acids is 1. The first-order chi connectivity index (χ1) is 15.0. The molecular formula is C23H23FN6O. The summed E-state index contributed by atoms with van der Waals surface area (Å²) in [7, 11) is 0. The summed E-state index contributed by atoms with van der Waals surface area (Å²) in [5.74, 6) is 0.859. The smallest absolute Gasteiger partial charge is 0.224 e. The predicted molar refractivity (Wildman–Crippen MR) is 118 cm³/mol. The highest BCUT2D eigenvalue weighted by Crippen LogP contribution is 2.21. The second-order valence-corrected chi connectivity index (χ2v) is 7.69. The van der Waals surface area contributed by atoms with Gasteiger partial charge in [-0.05, 0) is 47.9 Å². The van der Waals surface area contributed by atoms with Gasteiger partial charge in [-0.1, -0.05) is 38.1 Å². The average molecular weight is 418 g/mol. The second-order valence-electron chi connectivity index (χ2n) is 7.69. The van der Waals surface area contributed by atoms with Crippen LogP contribution in [0.2, 0.25) is 0 Å². The van der Waals surface area contributed by atoms with Crippen LogP contribution < -0.4 is 10.6 Å². The Balaban J connectivity index is 1.50. The van der Waals surface area contributed by atoms with Crippen molar-refractivity contribution in [2.45, 2.75) is 26.8 Å². The standard InChI is InChI=1S/C23H23FN6O/c1-15(2)12-22(31)26-17-7-5-6-16(13-17)14-25-20-10-11-21-27-28-23(30(21)29-20)18-8-3-4-9-19(18)24/h3-11,13,15H,12,14H2,1-2H3,(H,25,29)(H,26,31). The number of hydrogen-bond acceptors (Lipinski definition) is 5. The van der Waals surface area contributed by atoms with Crippen LogP contribution in [0.1, 0.15) is 25.8 Å². The van der Waals surface area contributed by atoms with Crippen LogP contribution in [-0.4, -0.2) is 25.7 Å². The number of aromatic nitrogens is 4. The molecule has 4 aromatic rings. The average Bonchev–Trinajstić information content (AvgIpc) is 3.15. The molecule has 4 rings (SSSR count). The summed E-state index contributed by atoms with van der Waals surface area (Å²) >= 11 is 0. The molecular weight excluding hydrogens is 395 g/mol. The Morgan fingerprint density at radius 2 is 1.90 bits per heavy atom. The fraction of sp³-hybridized carbons (Fsp3) is 0.217. The number of halogens is 1. The molecule has 0 bridgehead atoms. The van der Waals surface area contributed by atoms with Crippen LogP contribution in [-0.2, 0) is 11.3 Å². The van der Waals surface area contributed by atoms with Gasteiger partial charge < -0.3 is 10.6 Å². The van der Waals surface area contributed by atoms with Crippen molar-refractivity contribution in [1.82, 2.24) is 19.8 Å². The van der Waals surface area contributed by atoms with E-state index in [2.05, 4.69) is 25.9 Å². The first-order valence-electron chi connectivity index (χ1n) is 10.1. The molecule has 31 heavy (non-hydrogen) atoms. The van der Waals surface area contributed by atoms with Crippen molar-refractivity contribution in [3.05, 3.63) is 72.0 Å². The Morgan fingerprint density at radius 1 is 1.06 bits per heavy atom. The van der Waals surface area contributed by atoms with Crippen molar-refractivity contribution < 1.29 is 9.18 Å². The number of anilines is 2. The number of amides is 1. The predicted octanol–water partition coefficient (Wildman–Crippen LogP) is 4.53. The quantitative estimate of drug-likeness (QED) is 0.461. The molecule has 2 aromatic carbocycles.